The zero-order valence-corrected chi connectivity index (χ0v) is 11.3. The SMILES string of the molecule is CCOc1ccc(CN(C)CC2CC(O)C2)cc1. The van der Waals surface area contributed by atoms with E-state index in [9.17, 15) is 5.11 Å². The fourth-order valence-electron chi connectivity index (χ4n) is 2.52. The van der Waals surface area contributed by atoms with Gasteiger partial charge < -0.3 is 14.7 Å². The van der Waals surface area contributed by atoms with Crippen LogP contribution in [0.1, 0.15) is 25.3 Å². The summed E-state index contributed by atoms with van der Waals surface area (Å²) < 4.78 is 5.43. The number of hydrogen-bond acceptors (Lipinski definition) is 3. The second kappa shape index (κ2) is 6.21. The minimum atomic E-state index is -0.0473. The number of hydrogen-bond donors (Lipinski definition) is 1. The van der Waals surface area contributed by atoms with Crippen LogP contribution in [0.15, 0.2) is 24.3 Å². The van der Waals surface area contributed by atoms with E-state index in [2.05, 4.69) is 24.1 Å². The van der Waals surface area contributed by atoms with Crippen molar-refractivity contribution >= 4 is 0 Å². The van der Waals surface area contributed by atoms with Gasteiger partial charge in [0.1, 0.15) is 5.75 Å². The van der Waals surface area contributed by atoms with Gasteiger partial charge in [0.2, 0.25) is 0 Å². The summed E-state index contributed by atoms with van der Waals surface area (Å²) in [4.78, 5) is 2.33. The average molecular weight is 249 g/mol. The van der Waals surface area contributed by atoms with E-state index in [-0.39, 0.29) is 6.10 Å². The van der Waals surface area contributed by atoms with Crippen molar-refractivity contribution < 1.29 is 9.84 Å². The molecule has 1 fully saturated rings. The van der Waals surface area contributed by atoms with E-state index in [1.807, 2.05) is 19.1 Å². The predicted octanol–water partition coefficient (Wildman–Crippen LogP) is 2.29. The van der Waals surface area contributed by atoms with E-state index in [1.54, 1.807) is 0 Å². The van der Waals surface area contributed by atoms with Gasteiger partial charge in [0.15, 0.2) is 0 Å². The standard InChI is InChI=1S/C15H23NO2/c1-3-18-15-6-4-12(5-7-15)10-16(2)11-13-8-14(17)9-13/h4-7,13-14,17H,3,8-11H2,1-2H3. The number of benzene rings is 1. The summed E-state index contributed by atoms with van der Waals surface area (Å²) in [5.74, 6) is 1.61. The summed E-state index contributed by atoms with van der Waals surface area (Å²) in [5.41, 5.74) is 1.31. The van der Waals surface area contributed by atoms with Gasteiger partial charge in [0.05, 0.1) is 12.7 Å². The van der Waals surface area contributed by atoms with E-state index < -0.39 is 0 Å². The molecule has 1 N–H and O–H groups in total. The minimum Gasteiger partial charge on any atom is -0.494 e. The van der Waals surface area contributed by atoms with Gasteiger partial charge in [-0.25, -0.2) is 0 Å². The van der Waals surface area contributed by atoms with Gasteiger partial charge in [-0.2, -0.15) is 0 Å². The van der Waals surface area contributed by atoms with Crippen LogP contribution in [0.5, 0.6) is 5.75 Å². The number of ether oxygens (including phenoxy) is 1. The molecule has 0 atom stereocenters. The lowest BCUT2D eigenvalue weighted by Gasteiger charge is -2.34. The van der Waals surface area contributed by atoms with Gasteiger partial charge in [0.25, 0.3) is 0 Å². The van der Waals surface area contributed by atoms with Crippen LogP contribution in [-0.4, -0.2) is 36.3 Å². The smallest absolute Gasteiger partial charge is 0.119 e. The molecule has 1 aromatic carbocycles. The third-order valence-electron chi connectivity index (χ3n) is 3.47. The van der Waals surface area contributed by atoms with Crippen molar-refractivity contribution in [3.05, 3.63) is 29.8 Å². The van der Waals surface area contributed by atoms with Crippen molar-refractivity contribution in [1.82, 2.24) is 4.90 Å². The second-order valence-corrected chi connectivity index (χ2v) is 5.26. The summed E-state index contributed by atoms with van der Waals surface area (Å²) in [6, 6.07) is 8.30. The molecule has 3 nitrogen and oxygen atoms in total. The quantitative estimate of drug-likeness (QED) is 0.839. The Balaban J connectivity index is 1.77. The zero-order chi connectivity index (χ0) is 13.0. The Bertz CT molecular complexity index is 357. The highest BCUT2D eigenvalue weighted by Crippen LogP contribution is 2.27. The van der Waals surface area contributed by atoms with Gasteiger partial charge >= 0.3 is 0 Å². The van der Waals surface area contributed by atoms with Crippen molar-refractivity contribution in [2.24, 2.45) is 5.92 Å². The first-order chi connectivity index (χ1) is 8.67. The molecule has 0 saturated heterocycles. The molecule has 1 saturated carbocycles. The fourth-order valence-corrected chi connectivity index (χ4v) is 2.52. The Morgan fingerprint density at radius 2 is 1.94 bits per heavy atom. The summed E-state index contributed by atoms with van der Waals surface area (Å²) >= 11 is 0. The summed E-state index contributed by atoms with van der Waals surface area (Å²) in [6.07, 6.45) is 1.88. The minimum absolute atomic E-state index is 0.0473. The summed E-state index contributed by atoms with van der Waals surface area (Å²) in [6.45, 7) is 4.74. The van der Waals surface area contributed by atoms with E-state index in [0.29, 0.717) is 12.5 Å². The van der Waals surface area contributed by atoms with Gasteiger partial charge in [-0.1, -0.05) is 12.1 Å². The van der Waals surface area contributed by atoms with Crippen molar-refractivity contribution in [3.63, 3.8) is 0 Å². The van der Waals surface area contributed by atoms with Gasteiger partial charge in [-0.05, 0) is 50.4 Å². The predicted molar refractivity (Wildman–Crippen MR) is 72.7 cm³/mol. The second-order valence-electron chi connectivity index (χ2n) is 5.26. The molecular weight excluding hydrogens is 226 g/mol. The monoisotopic (exact) mass is 249 g/mol. The first kappa shape index (κ1) is 13.4. The fraction of sp³-hybridized carbons (Fsp3) is 0.600. The van der Waals surface area contributed by atoms with Crippen LogP contribution in [0.25, 0.3) is 0 Å². The largest absolute Gasteiger partial charge is 0.494 e. The Labute approximate surface area is 109 Å². The van der Waals surface area contributed by atoms with E-state index in [4.69, 9.17) is 4.74 Å². The van der Waals surface area contributed by atoms with E-state index >= 15 is 0 Å². The van der Waals surface area contributed by atoms with Crippen LogP contribution in [0.2, 0.25) is 0 Å². The molecule has 0 spiro atoms. The third kappa shape index (κ3) is 3.72. The van der Waals surface area contributed by atoms with Crippen molar-refractivity contribution in [2.75, 3.05) is 20.2 Å². The van der Waals surface area contributed by atoms with Crippen LogP contribution >= 0.6 is 0 Å². The summed E-state index contributed by atoms with van der Waals surface area (Å²) in [5, 5.41) is 9.27. The van der Waals surface area contributed by atoms with Crippen LogP contribution in [0, 0.1) is 5.92 Å². The van der Waals surface area contributed by atoms with Crippen LogP contribution in [0.3, 0.4) is 0 Å². The van der Waals surface area contributed by atoms with Gasteiger partial charge in [0, 0.05) is 13.1 Å². The van der Waals surface area contributed by atoms with Gasteiger partial charge in [-0.3, -0.25) is 0 Å². The summed E-state index contributed by atoms with van der Waals surface area (Å²) in [7, 11) is 2.14. The molecule has 1 aliphatic rings. The van der Waals surface area contributed by atoms with Crippen LogP contribution < -0.4 is 4.74 Å². The maximum absolute atomic E-state index is 9.27. The molecule has 0 aliphatic heterocycles. The lowest BCUT2D eigenvalue weighted by atomic mass is 9.82. The molecule has 1 aliphatic carbocycles. The lowest BCUT2D eigenvalue weighted by molar-refractivity contribution is 0.0274. The van der Waals surface area contributed by atoms with Crippen molar-refractivity contribution in [2.45, 2.75) is 32.4 Å². The van der Waals surface area contributed by atoms with Crippen molar-refractivity contribution in [3.8, 4) is 5.75 Å². The number of nitrogens with zero attached hydrogens (tertiary/aromatic N) is 1. The highest BCUT2D eigenvalue weighted by Gasteiger charge is 2.27. The molecule has 0 aromatic heterocycles. The molecule has 0 amide bonds. The highest BCUT2D eigenvalue weighted by molar-refractivity contribution is 5.27. The molecule has 1 aromatic rings. The molecule has 0 bridgehead atoms. The Morgan fingerprint density at radius 1 is 1.28 bits per heavy atom. The normalized spacial score (nSPS) is 22.9. The number of aliphatic hydroxyl groups excluding tert-OH is 1. The molecule has 18 heavy (non-hydrogen) atoms. The highest BCUT2D eigenvalue weighted by atomic mass is 16.5. The van der Waals surface area contributed by atoms with E-state index in [0.717, 1.165) is 31.7 Å². The average Bonchev–Trinajstić information content (AvgIpc) is 2.30. The molecule has 0 unspecified atom stereocenters. The Morgan fingerprint density at radius 3 is 2.50 bits per heavy atom. The first-order valence-corrected chi connectivity index (χ1v) is 6.75. The number of aliphatic hydroxyl groups is 1. The third-order valence-corrected chi connectivity index (χ3v) is 3.47. The van der Waals surface area contributed by atoms with E-state index in [1.165, 1.54) is 5.56 Å². The molecule has 0 radical (unpaired) electrons. The molecule has 100 valence electrons. The van der Waals surface area contributed by atoms with Crippen LogP contribution in [0.4, 0.5) is 0 Å². The lowest BCUT2D eigenvalue weighted by Crippen LogP contribution is -2.36. The molecule has 0 heterocycles. The maximum atomic E-state index is 9.27. The zero-order valence-electron chi connectivity index (χ0n) is 11.3. The number of rotatable bonds is 6. The Hall–Kier alpha value is -1.06. The molecule has 3 heteroatoms. The first-order valence-electron chi connectivity index (χ1n) is 6.75. The maximum Gasteiger partial charge on any atom is 0.119 e. The van der Waals surface area contributed by atoms with Crippen molar-refractivity contribution in [1.29, 1.82) is 0 Å². The molecular formula is C15H23NO2. The molecule has 2 rings (SSSR count). The van der Waals surface area contributed by atoms with Crippen LogP contribution in [-0.2, 0) is 6.54 Å². The topological polar surface area (TPSA) is 32.7 Å². The Kier molecular flexibility index (Phi) is 4.61. The van der Waals surface area contributed by atoms with Gasteiger partial charge in [-0.15, -0.1) is 0 Å².